The number of alkyl halides is 2. The molecule has 80 valence electrons. The van der Waals surface area contributed by atoms with Gasteiger partial charge in [-0.05, 0) is 13.8 Å². The molecule has 0 aliphatic rings. The molecule has 1 atom stereocenters. The van der Waals surface area contributed by atoms with Crippen LogP contribution in [0.3, 0.4) is 0 Å². The van der Waals surface area contributed by atoms with Gasteiger partial charge in [-0.25, -0.2) is 8.78 Å². The Kier molecular flexibility index (Phi) is 4.00. The van der Waals surface area contributed by atoms with Gasteiger partial charge in [0.2, 0.25) is 0 Å². The van der Waals surface area contributed by atoms with Gasteiger partial charge in [0.1, 0.15) is 0 Å². The van der Waals surface area contributed by atoms with Gasteiger partial charge in [-0.2, -0.15) is 5.10 Å². The summed E-state index contributed by atoms with van der Waals surface area (Å²) < 4.78 is 25.6. The van der Waals surface area contributed by atoms with Gasteiger partial charge >= 0.3 is 0 Å². The van der Waals surface area contributed by atoms with Crippen LogP contribution in [0.5, 0.6) is 0 Å². The quantitative estimate of drug-likeness (QED) is 0.791. The van der Waals surface area contributed by atoms with Crippen molar-refractivity contribution in [3.63, 3.8) is 0 Å². The molecule has 1 rings (SSSR count). The molecular formula is C9H15F2N3. The lowest BCUT2D eigenvalue weighted by molar-refractivity contribution is 0.142. The van der Waals surface area contributed by atoms with Crippen LogP contribution in [0.15, 0.2) is 12.4 Å². The zero-order valence-corrected chi connectivity index (χ0v) is 8.37. The normalized spacial score (nSPS) is 13.5. The summed E-state index contributed by atoms with van der Waals surface area (Å²) in [4.78, 5) is 0. The standard InChI is InChI=1S/C9H15F2N3/c1-3-14-6-8(4-13-14)7(2)12-5-9(10)11/h4,6-7,9,12H,3,5H2,1-2H3/t7-/m0/s1. The van der Waals surface area contributed by atoms with Crippen LogP contribution < -0.4 is 5.32 Å². The Labute approximate surface area is 82.1 Å². The molecule has 1 aromatic heterocycles. The van der Waals surface area contributed by atoms with E-state index in [1.54, 1.807) is 10.9 Å². The van der Waals surface area contributed by atoms with E-state index in [2.05, 4.69) is 10.4 Å². The third kappa shape index (κ3) is 3.06. The third-order valence-corrected chi connectivity index (χ3v) is 2.06. The Morgan fingerprint density at radius 3 is 2.79 bits per heavy atom. The molecule has 0 saturated carbocycles. The minimum atomic E-state index is -2.31. The summed E-state index contributed by atoms with van der Waals surface area (Å²) in [6.07, 6.45) is 1.26. The minimum Gasteiger partial charge on any atom is -0.305 e. The van der Waals surface area contributed by atoms with Crippen molar-refractivity contribution in [1.82, 2.24) is 15.1 Å². The van der Waals surface area contributed by atoms with Crippen molar-refractivity contribution in [1.29, 1.82) is 0 Å². The fraction of sp³-hybridized carbons (Fsp3) is 0.667. The zero-order chi connectivity index (χ0) is 10.6. The number of aromatic nitrogens is 2. The zero-order valence-electron chi connectivity index (χ0n) is 8.37. The second-order valence-electron chi connectivity index (χ2n) is 3.15. The van der Waals surface area contributed by atoms with Crippen LogP contribution in [-0.4, -0.2) is 22.8 Å². The predicted molar refractivity (Wildman–Crippen MR) is 50.3 cm³/mol. The van der Waals surface area contributed by atoms with Gasteiger partial charge in [-0.15, -0.1) is 0 Å². The fourth-order valence-corrected chi connectivity index (χ4v) is 1.16. The molecule has 0 spiro atoms. The van der Waals surface area contributed by atoms with Crippen molar-refractivity contribution in [2.24, 2.45) is 0 Å². The number of halogens is 2. The van der Waals surface area contributed by atoms with Crippen LogP contribution >= 0.6 is 0 Å². The van der Waals surface area contributed by atoms with Crippen LogP contribution in [0.1, 0.15) is 25.5 Å². The Balaban J connectivity index is 2.47. The van der Waals surface area contributed by atoms with E-state index in [1.807, 2.05) is 20.0 Å². The summed E-state index contributed by atoms with van der Waals surface area (Å²) in [7, 11) is 0. The summed E-state index contributed by atoms with van der Waals surface area (Å²) in [6.45, 7) is 4.34. The predicted octanol–water partition coefficient (Wildman–Crippen LogP) is 1.82. The molecule has 1 heterocycles. The van der Waals surface area contributed by atoms with E-state index >= 15 is 0 Å². The highest BCUT2D eigenvalue weighted by Crippen LogP contribution is 2.10. The smallest absolute Gasteiger partial charge is 0.250 e. The summed E-state index contributed by atoms with van der Waals surface area (Å²) in [5, 5.41) is 6.80. The van der Waals surface area contributed by atoms with Gasteiger partial charge < -0.3 is 5.32 Å². The van der Waals surface area contributed by atoms with Crippen LogP contribution in [-0.2, 0) is 6.54 Å². The summed E-state index contributed by atoms with van der Waals surface area (Å²) >= 11 is 0. The molecule has 0 aliphatic heterocycles. The summed E-state index contributed by atoms with van der Waals surface area (Å²) in [6, 6.07) is -0.0794. The number of rotatable bonds is 5. The first-order chi connectivity index (χ1) is 6.63. The maximum absolute atomic E-state index is 11.9. The van der Waals surface area contributed by atoms with E-state index in [0.29, 0.717) is 0 Å². The van der Waals surface area contributed by atoms with E-state index in [1.165, 1.54) is 0 Å². The highest BCUT2D eigenvalue weighted by atomic mass is 19.3. The Morgan fingerprint density at radius 1 is 1.57 bits per heavy atom. The summed E-state index contributed by atoms with van der Waals surface area (Å²) in [5.74, 6) is 0. The Morgan fingerprint density at radius 2 is 2.29 bits per heavy atom. The Bertz CT molecular complexity index is 273. The van der Waals surface area contributed by atoms with Crippen molar-refractivity contribution >= 4 is 0 Å². The molecule has 0 amide bonds. The van der Waals surface area contributed by atoms with Gasteiger partial charge in [0.25, 0.3) is 6.43 Å². The van der Waals surface area contributed by atoms with Crippen molar-refractivity contribution in [2.45, 2.75) is 32.9 Å². The van der Waals surface area contributed by atoms with E-state index in [0.717, 1.165) is 12.1 Å². The van der Waals surface area contributed by atoms with Gasteiger partial charge in [-0.1, -0.05) is 0 Å². The van der Waals surface area contributed by atoms with Gasteiger partial charge in [-0.3, -0.25) is 4.68 Å². The van der Waals surface area contributed by atoms with Crippen LogP contribution in [0.4, 0.5) is 8.78 Å². The number of nitrogens with one attached hydrogen (secondary N) is 1. The van der Waals surface area contributed by atoms with E-state index in [4.69, 9.17) is 0 Å². The number of hydrogen-bond acceptors (Lipinski definition) is 2. The lowest BCUT2D eigenvalue weighted by atomic mass is 10.2. The van der Waals surface area contributed by atoms with Crippen molar-refractivity contribution < 1.29 is 8.78 Å². The molecule has 0 unspecified atom stereocenters. The lowest BCUT2D eigenvalue weighted by Crippen LogP contribution is -2.24. The SMILES string of the molecule is CCn1cc([C@H](C)NCC(F)F)cn1. The first-order valence-corrected chi connectivity index (χ1v) is 4.67. The lowest BCUT2D eigenvalue weighted by Gasteiger charge is -2.10. The highest BCUT2D eigenvalue weighted by molar-refractivity contribution is 5.08. The van der Waals surface area contributed by atoms with E-state index < -0.39 is 6.43 Å². The van der Waals surface area contributed by atoms with Crippen LogP contribution in [0, 0.1) is 0 Å². The fourth-order valence-electron chi connectivity index (χ4n) is 1.16. The maximum Gasteiger partial charge on any atom is 0.250 e. The first-order valence-electron chi connectivity index (χ1n) is 4.67. The van der Waals surface area contributed by atoms with Gasteiger partial charge in [0, 0.05) is 24.3 Å². The monoisotopic (exact) mass is 203 g/mol. The third-order valence-electron chi connectivity index (χ3n) is 2.06. The van der Waals surface area contributed by atoms with Crippen molar-refractivity contribution in [3.05, 3.63) is 18.0 Å². The van der Waals surface area contributed by atoms with Crippen molar-refractivity contribution in [2.75, 3.05) is 6.54 Å². The molecular weight excluding hydrogens is 188 g/mol. The topological polar surface area (TPSA) is 29.9 Å². The van der Waals surface area contributed by atoms with E-state index in [-0.39, 0.29) is 12.6 Å². The molecule has 0 bridgehead atoms. The average molecular weight is 203 g/mol. The average Bonchev–Trinajstić information content (AvgIpc) is 2.62. The molecule has 0 aromatic carbocycles. The molecule has 0 saturated heterocycles. The molecule has 5 heteroatoms. The van der Waals surface area contributed by atoms with Crippen LogP contribution in [0.2, 0.25) is 0 Å². The minimum absolute atomic E-state index is 0.0794. The largest absolute Gasteiger partial charge is 0.305 e. The molecule has 1 N–H and O–H groups in total. The molecule has 0 radical (unpaired) electrons. The van der Waals surface area contributed by atoms with Gasteiger partial charge in [0.15, 0.2) is 0 Å². The Hall–Kier alpha value is -0.970. The molecule has 14 heavy (non-hydrogen) atoms. The molecule has 1 aromatic rings. The van der Waals surface area contributed by atoms with Crippen molar-refractivity contribution in [3.8, 4) is 0 Å². The highest BCUT2D eigenvalue weighted by Gasteiger charge is 2.09. The second-order valence-corrected chi connectivity index (χ2v) is 3.15. The molecule has 0 fully saturated rings. The number of aryl methyl sites for hydroxylation is 1. The molecule has 3 nitrogen and oxygen atoms in total. The number of hydrogen-bond donors (Lipinski definition) is 1. The summed E-state index contributed by atoms with van der Waals surface area (Å²) in [5.41, 5.74) is 0.938. The maximum atomic E-state index is 11.9. The van der Waals surface area contributed by atoms with E-state index in [9.17, 15) is 8.78 Å². The molecule has 0 aliphatic carbocycles. The van der Waals surface area contributed by atoms with Crippen LogP contribution in [0.25, 0.3) is 0 Å². The first kappa shape index (κ1) is 11.1. The van der Waals surface area contributed by atoms with Gasteiger partial charge in [0.05, 0.1) is 12.7 Å². The number of nitrogens with zero attached hydrogens (tertiary/aromatic N) is 2. The second kappa shape index (κ2) is 5.05.